The Bertz CT molecular complexity index is 1290. The molecule has 1 aromatic heterocycles. The van der Waals surface area contributed by atoms with Gasteiger partial charge >= 0.3 is 0 Å². The molecule has 6 nitrogen and oxygen atoms in total. The minimum absolute atomic E-state index is 0.0934. The molecule has 1 N–H and O–H groups in total. The van der Waals surface area contributed by atoms with Gasteiger partial charge in [-0.05, 0) is 42.3 Å². The third kappa shape index (κ3) is 3.78. The highest BCUT2D eigenvalue weighted by Gasteiger charge is 2.24. The lowest BCUT2D eigenvalue weighted by atomic mass is 10.1. The van der Waals surface area contributed by atoms with E-state index in [4.69, 9.17) is 26.2 Å². The second kappa shape index (κ2) is 8.55. The molecule has 1 unspecified atom stereocenters. The van der Waals surface area contributed by atoms with Crippen molar-refractivity contribution in [3.8, 4) is 22.8 Å². The monoisotopic (exact) mass is 447 g/mol. The molecule has 7 heteroatoms. The van der Waals surface area contributed by atoms with E-state index < -0.39 is 6.04 Å². The van der Waals surface area contributed by atoms with Crippen LogP contribution in [0, 0.1) is 0 Å². The number of hydrogen-bond donors (Lipinski definition) is 1. The average Bonchev–Trinajstić information content (AvgIpc) is 3.43. The number of hydrogen-bond acceptors (Lipinski definition) is 4. The molecule has 2 heterocycles. The summed E-state index contributed by atoms with van der Waals surface area (Å²) in [5.74, 6) is 1.33. The minimum Gasteiger partial charge on any atom is -0.454 e. The molecule has 5 rings (SSSR count). The van der Waals surface area contributed by atoms with Crippen LogP contribution >= 0.6 is 11.6 Å². The zero-order chi connectivity index (χ0) is 22.1. The lowest BCUT2D eigenvalue weighted by molar-refractivity contribution is -0.124. The van der Waals surface area contributed by atoms with E-state index in [1.165, 1.54) is 0 Å². The maximum atomic E-state index is 13.2. The first kappa shape index (κ1) is 20.4. The van der Waals surface area contributed by atoms with Crippen LogP contribution in [-0.2, 0) is 11.3 Å². The lowest BCUT2D eigenvalue weighted by Crippen LogP contribution is -2.32. The fourth-order valence-electron chi connectivity index (χ4n) is 3.99. The standard InChI is InChI=1S/C25H22ClN3O3/c1-2-20(25(30)27-14-16-8-11-22-23(12-16)32-15-31-22)29-21-10-9-18(26)13-19(21)24(28-29)17-6-4-3-5-7-17/h3-13,20H,2,14-15H2,1H3,(H,27,30). The molecule has 1 aliphatic heterocycles. The molecule has 1 amide bonds. The van der Waals surface area contributed by atoms with E-state index in [1.54, 1.807) is 0 Å². The van der Waals surface area contributed by atoms with Gasteiger partial charge in [0.25, 0.3) is 0 Å². The fraction of sp³-hybridized carbons (Fsp3) is 0.200. The van der Waals surface area contributed by atoms with E-state index in [0.717, 1.165) is 33.5 Å². The maximum absolute atomic E-state index is 13.2. The molecule has 162 valence electrons. The summed E-state index contributed by atoms with van der Waals surface area (Å²) in [6.07, 6.45) is 0.598. The van der Waals surface area contributed by atoms with Crippen molar-refractivity contribution in [3.05, 3.63) is 77.3 Å². The Hall–Kier alpha value is -3.51. The molecular formula is C25H22ClN3O3. The number of fused-ring (bicyclic) bond motifs is 2. The van der Waals surface area contributed by atoms with Crippen molar-refractivity contribution in [1.82, 2.24) is 15.1 Å². The van der Waals surface area contributed by atoms with Gasteiger partial charge in [-0.1, -0.05) is 54.9 Å². The molecule has 1 atom stereocenters. The maximum Gasteiger partial charge on any atom is 0.245 e. The van der Waals surface area contributed by atoms with Gasteiger partial charge in [-0.25, -0.2) is 0 Å². The minimum atomic E-state index is -0.454. The quantitative estimate of drug-likeness (QED) is 0.432. The first-order valence-corrected chi connectivity index (χ1v) is 10.9. The van der Waals surface area contributed by atoms with Crippen molar-refractivity contribution in [2.24, 2.45) is 0 Å². The van der Waals surface area contributed by atoms with Crippen LogP contribution in [0.5, 0.6) is 11.5 Å². The van der Waals surface area contributed by atoms with Gasteiger partial charge in [-0.15, -0.1) is 0 Å². The van der Waals surface area contributed by atoms with Crippen molar-refractivity contribution in [1.29, 1.82) is 0 Å². The summed E-state index contributed by atoms with van der Waals surface area (Å²) in [5.41, 5.74) is 3.61. The lowest BCUT2D eigenvalue weighted by Gasteiger charge is -2.17. The van der Waals surface area contributed by atoms with Gasteiger partial charge in [0.15, 0.2) is 11.5 Å². The Morgan fingerprint density at radius 1 is 1.09 bits per heavy atom. The molecule has 32 heavy (non-hydrogen) atoms. The van der Waals surface area contributed by atoms with Gasteiger partial charge in [0.1, 0.15) is 11.7 Å². The van der Waals surface area contributed by atoms with Crippen LogP contribution in [0.25, 0.3) is 22.2 Å². The summed E-state index contributed by atoms with van der Waals surface area (Å²) < 4.78 is 12.6. The summed E-state index contributed by atoms with van der Waals surface area (Å²) in [4.78, 5) is 13.2. The molecule has 0 spiro atoms. The van der Waals surface area contributed by atoms with E-state index in [-0.39, 0.29) is 12.7 Å². The third-order valence-corrected chi connectivity index (χ3v) is 5.84. The van der Waals surface area contributed by atoms with Crippen LogP contribution in [0.2, 0.25) is 5.02 Å². The molecule has 0 saturated carbocycles. The van der Waals surface area contributed by atoms with Crippen molar-refractivity contribution >= 4 is 28.4 Å². The molecule has 0 bridgehead atoms. The van der Waals surface area contributed by atoms with Crippen LogP contribution < -0.4 is 14.8 Å². The van der Waals surface area contributed by atoms with Crippen LogP contribution in [0.1, 0.15) is 24.9 Å². The van der Waals surface area contributed by atoms with Crippen LogP contribution in [0.3, 0.4) is 0 Å². The average molecular weight is 448 g/mol. The van der Waals surface area contributed by atoms with E-state index in [1.807, 2.05) is 78.3 Å². The molecular weight excluding hydrogens is 426 g/mol. The number of halogens is 1. The summed E-state index contributed by atoms with van der Waals surface area (Å²) >= 11 is 6.29. The summed E-state index contributed by atoms with van der Waals surface area (Å²) in [7, 11) is 0. The Balaban J connectivity index is 1.44. The van der Waals surface area contributed by atoms with Crippen LogP contribution in [0.15, 0.2) is 66.7 Å². The number of benzene rings is 3. The van der Waals surface area contributed by atoms with Gasteiger partial charge < -0.3 is 14.8 Å². The number of carbonyl (C=O) groups excluding carboxylic acids is 1. The Labute approximate surface area is 190 Å². The zero-order valence-corrected chi connectivity index (χ0v) is 18.3. The number of carbonyl (C=O) groups is 1. The van der Waals surface area contributed by atoms with Gasteiger partial charge in [-0.3, -0.25) is 9.48 Å². The van der Waals surface area contributed by atoms with E-state index in [2.05, 4.69) is 5.32 Å². The Morgan fingerprint density at radius 2 is 1.91 bits per heavy atom. The van der Waals surface area contributed by atoms with Gasteiger partial charge in [0, 0.05) is 22.5 Å². The number of aromatic nitrogens is 2. The second-order valence-electron chi connectivity index (χ2n) is 7.65. The van der Waals surface area contributed by atoms with Crippen LogP contribution in [0.4, 0.5) is 0 Å². The topological polar surface area (TPSA) is 65.4 Å². The van der Waals surface area contributed by atoms with Gasteiger partial charge in [0.2, 0.25) is 12.7 Å². The molecule has 0 aliphatic carbocycles. The second-order valence-corrected chi connectivity index (χ2v) is 8.09. The van der Waals surface area contributed by atoms with Gasteiger partial charge in [-0.2, -0.15) is 5.10 Å². The summed E-state index contributed by atoms with van der Waals surface area (Å²) in [6, 6.07) is 20.8. The summed E-state index contributed by atoms with van der Waals surface area (Å²) in [5, 5.41) is 9.45. The zero-order valence-electron chi connectivity index (χ0n) is 17.5. The number of nitrogens with zero attached hydrogens (tertiary/aromatic N) is 2. The van der Waals surface area contributed by atoms with Crippen molar-refractivity contribution < 1.29 is 14.3 Å². The third-order valence-electron chi connectivity index (χ3n) is 5.60. The van der Waals surface area contributed by atoms with Crippen molar-refractivity contribution in [2.75, 3.05) is 6.79 Å². The largest absolute Gasteiger partial charge is 0.454 e. The summed E-state index contributed by atoms with van der Waals surface area (Å²) in [6.45, 7) is 2.60. The predicted molar refractivity (Wildman–Crippen MR) is 124 cm³/mol. The predicted octanol–water partition coefficient (Wildman–Crippen LogP) is 5.35. The highest BCUT2D eigenvalue weighted by Crippen LogP contribution is 2.34. The first-order valence-electron chi connectivity index (χ1n) is 10.5. The molecule has 0 fully saturated rings. The SMILES string of the molecule is CCC(C(=O)NCc1ccc2c(c1)OCO2)n1nc(-c2ccccc2)c2cc(Cl)ccc21. The van der Waals surface area contributed by atoms with Crippen molar-refractivity contribution in [3.63, 3.8) is 0 Å². The number of amides is 1. The van der Waals surface area contributed by atoms with Crippen LogP contribution in [-0.4, -0.2) is 22.5 Å². The first-order chi connectivity index (χ1) is 15.6. The smallest absolute Gasteiger partial charge is 0.245 e. The molecule has 3 aromatic carbocycles. The van der Waals surface area contributed by atoms with E-state index in [0.29, 0.717) is 23.7 Å². The Morgan fingerprint density at radius 3 is 2.72 bits per heavy atom. The van der Waals surface area contributed by atoms with E-state index >= 15 is 0 Å². The Kier molecular flexibility index (Phi) is 5.45. The molecule has 4 aromatic rings. The number of rotatable bonds is 6. The van der Waals surface area contributed by atoms with Crippen molar-refractivity contribution in [2.45, 2.75) is 25.9 Å². The molecule has 0 saturated heterocycles. The number of ether oxygens (including phenoxy) is 2. The molecule has 0 radical (unpaired) electrons. The molecule has 1 aliphatic rings. The fourth-order valence-corrected chi connectivity index (χ4v) is 4.16. The normalized spacial score (nSPS) is 13.3. The highest BCUT2D eigenvalue weighted by atomic mass is 35.5. The number of nitrogens with one attached hydrogen (secondary N) is 1. The van der Waals surface area contributed by atoms with Gasteiger partial charge in [0.05, 0.1) is 5.52 Å². The highest BCUT2D eigenvalue weighted by molar-refractivity contribution is 6.31. The van der Waals surface area contributed by atoms with E-state index in [9.17, 15) is 4.79 Å².